The van der Waals surface area contributed by atoms with E-state index in [0.29, 0.717) is 18.8 Å². The lowest BCUT2D eigenvalue weighted by Gasteiger charge is -2.36. The number of piperazine rings is 1. The number of nitrogens with one attached hydrogen (secondary N) is 2. The molecule has 0 unspecified atom stereocenters. The molecule has 1 aliphatic heterocycles. The number of benzene rings is 2. The fourth-order valence-electron chi connectivity index (χ4n) is 4.04. The zero-order chi connectivity index (χ0) is 25.8. The van der Waals surface area contributed by atoms with Gasteiger partial charge in [-0.25, -0.2) is 0 Å². The summed E-state index contributed by atoms with van der Waals surface area (Å²) in [4.78, 5) is 30.1. The Hall–Kier alpha value is -3.47. The normalized spacial score (nSPS) is 13.3. The summed E-state index contributed by atoms with van der Waals surface area (Å²) in [5, 5.41) is 7.80. The summed E-state index contributed by atoms with van der Waals surface area (Å²) in [5.74, 6) is 0.453. The van der Waals surface area contributed by atoms with Gasteiger partial charge in [-0.3, -0.25) is 14.9 Å². The minimum atomic E-state index is -0.424. The van der Waals surface area contributed by atoms with Gasteiger partial charge >= 0.3 is 0 Å². The van der Waals surface area contributed by atoms with Crippen molar-refractivity contribution in [1.82, 2.24) is 10.2 Å². The van der Waals surface area contributed by atoms with Crippen molar-refractivity contribution in [2.24, 2.45) is 0 Å². The van der Waals surface area contributed by atoms with Crippen LogP contribution in [-0.4, -0.2) is 48.0 Å². The van der Waals surface area contributed by atoms with Crippen molar-refractivity contribution in [2.75, 3.05) is 36.4 Å². The quantitative estimate of drug-likeness (QED) is 0.282. The number of hydrogen-bond donors (Lipinski definition) is 2. The molecule has 3 heterocycles. The minimum Gasteiger partial charge on any atom is -0.451 e. The molecule has 2 aromatic carbocycles. The van der Waals surface area contributed by atoms with Crippen LogP contribution in [0.15, 0.2) is 87.1 Å². The molecule has 37 heavy (non-hydrogen) atoms. The molecule has 188 valence electrons. The van der Waals surface area contributed by atoms with Crippen molar-refractivity contribution >= 4 is 67.8 Å². The first-order chi connectivity index (χ1) is 18.0. The molecule has 2 amide bonds. The maximum Gasteiger partial charge on any atom is 0.293 e. The highest BCUT2D eigenvalue weighted by Gasteiger charge is 2.23. The van der Waals surface area contributed by atoms with Gasteiger partial charge in [-0.15, -0.1) is 11.3 Å². The largest absolute Gasteiger partial charge is 0.451 e. The average Bonchev–Trinajstić information content (AvgIpc) is 3.62. The third kappa shape index (κ3) is 6.10. The van der Waals surface area contributed by atoms with Gasteiger partial charge in [0.2, 0.25) is 0 Å². The van der Waals surface area contributed by atoms with Gasteiger partial charge in [0.05, 0.1) is 4.88 Å². The van der Waals surface area contributed by atoms with E-state index in [-0.39, 0.29) is 16.8 Å². The van der Waals surface area contributed by atoms with Crippen molar-refractivity contribution in [3.63, 3.8) is 0 Å². The molecular weight excluding hydrogens is 572 g/mol. The summed E-state index contributed by atoms with van der Waals surface area (Å²) >= 11 is 10.2. The first-order valence-corrected chi connectivity index (χ1v) is 13.7. The number of carbonyl (C=O) groups excluding carboxylic acids is 2. The molecule has 0 aliphatic carbocycles. The molecule has 0 spiro atoms. The number of halogens is 1. The lowest BCUT2D eigenvalue weighted by Crippen LogP contribution is -2.48. The Morgan fingerprint density at radius 2 is 1.65 bits per heavy atom. The summed E-state index contributed by atoms with van der Waals surface area (Å²) < 4.78 is 6.67. The number of nitrogens with zero attached hydrogens (tertiary/aromatic N) is 2. The molecule has 1 aliphatic rings. The highest BCUT2D eigenvalue weighted by atomic mass is 79.9. The number of carbonyl (C=O) groups is 2. The summed E-state index contributed by atoms with van der Waals surface area (Å²) in [6.45, 7) is 2.90. The number of furan rings is 1. The maximum atomic E-state index is 12.6. The van der Waals surface area contributed by atoms with Crippen LogP contribution in [0.3, 0.4) is 0 Å². The number of amides is 2. The number of anilines is 2. The minimum absolute atomic E-state index is 0.101. The van der Waals surface area contributed by atoms with Gasteiger partial charge in [-0.05, 0) is 72.2 Å². The third-order valence-corrected chi connectivity index (χ3v) is 7.57. The first-order valence-electron chi connectivity index (χ1n) is 11.6. The Morgan fingerprint density at radius 3 is 2.32 bits per heavy atom. The lowest BCUT2D eigenvalue weighted by atomic mass is 10.2. The zero-order valence-corrected chi connectivity index (χ0v) is 22.9. The summed E-state index contributed by atoms with van der Waals surface area (Å²) in [6.07, 6.45) is 0. The topological polar surface area (TPSA) is 77.8 Å². The summed E-state index contributed by atoms with van der Waals surface area (Å²) in [6, 6.07) is 22.6. The standard InChI is InChI=1S/C27H23BrN4O3S2/c28-19-5-3-18(4-6-19)22-11-12-23(35-22)25(33)30-27(36)29-20-7-9-21(10-8-20)31-13-15-32(16-14-31)26(34)24-2-1-17-37-24/h1-12,17H,13-16H2,(H2,29,30,33,36). The molecule has 2 N–H and O–H groups in total. The fourth-order valence-corrected chi connectivity index (χ4v) is 5.20. The molecule has 1 fully saturated rings. The predicted molar refractivity (Wildman–Crippen MR) is 154 cm³/mol. The van der Waals surface area contributed by atoms with E-state index in [1.165, 1.54) is 11.3 Å². The highest BCUT2D eigenvalue weighted by molar-refractivity contribution is 9.10. The molecule has 0 saturated carbocycles. The van der Waals surface area contributed by atoms with Crippen LogP contribution >= 0.6 is 39.5 Å². The van der Waals surface area contributed by atoms with Crippen LogP contribution in [0.25, 0.3) is 11.3 Å². The average molecular weight is 596 g/mol. The number of rotatable bonds is 5. The van der Waals surface area contributed by atoms with Crippen molar-refractivity contribution < 1.29 is 14.0 Å². The molecule has 10 heteroatoms. The van der Waals surface area contributed by atoms with E-state index in [0.717, 1.165) is 39.4 Å². The molecule has 0 radical (unpaired) electrons. The van der Waals surface area contributed by atoms with Crippen LogP contribution in [0, 0.1) is 0 Å². The fraction of sp³-hybridized carbons (Fsp3) is 0.148. The predicted octanol–water partition coefficient (Wildman–Crippen LogP) is 5.86. The van der Waals surface area contributed by atoms with E-state index >= 15 is 0 Å². The van der Waals surface area contributed by atoms with E-state index in [1.807, 2.05) is 70.9 Å². The molecule has 0 bridgehead atoms. The second kappa shape index (κ2) is 11.3. The number of hydrogen-bond acceptors (Lipinski definition) is 6. The van der Waals surface area contributed by atoms with Gasteiger partial charge < -0.3 is 19.5 Å². The third-order valence-electron chi connectivity index (χ3n) is 5.97. The van der Waals surface area contributed by atoms with Gasteiger partial charge in [0, 0.05) is 47.6 Å². The van der Waals surface area contributed by atoms with Crippen molar-refractivity contribution in [2.45, 2.75) is 0 Å². The second-order valence-corrected chi connectivity index (χ2v) is 10.7. The Labute approximate surface area is 232 Å². The van der Waals surface area contributed by atoms with E-state index < -0.39 is 5.91 Å². The smallest absolute Gasteiger partial charge is 0.293 e. The van der Waals surface area contributed by atoms with Crippen LogP contribution in [0.5, 0.6) is 0 Å². The van der Waals surface area contributed by atoms with E-state index in [9.17, 15) is 9.59 Å². The van der Waals surface area contributed by atoms with Crippen molar-refractivity contribution in [1.29, 1.82) is 0 Å². The lowest BCUT2D eigenvalue weighted by molar-refractivity contribution is 0.0751. The second-order valence-electron chi connectivity index (χ2n) is 8.38. The van der Waals surface area contributed by atoms with Crippen LogP contribution in [-0.2, 0) is 0 Å². The van der Waals surface area contributed by atoms with Crippen LogP contribution in [0.4, 0.5) is 11.4 Å². The molecule has 4 aromatic rings. The molecule has 5 rings (SSSR count). The Kier molecular flexibility index (Phi) is 7.68. The van der Waals surface area contributed by atoms with Gasteiger partial charge in [0.25, 0.3) is 11.8 Å². The van der Waals surface area contributed by atoms with Gasteiger partial charge in [-0.2, -0.15) is 0 Å². The Bertz CT molecular complexity index is 1390. The molecule has 2 aromatic heterocycles. The Balaban J connectivity index is 1.12. The van der Waals surface area contributed by atoms with Crippen LogP contribution in [0.1, 0.15) is 20.2 Å². The molecule has 0 atom stereocenters. The van der Waals surface area contributed by atoms with Gasteiger partial charge in [0.1, 0.15) is 5.76 Å². The van der Waals surface area contributed by atoms with Crippen LogP contribution < -0.4 is 15.5 Å². The van der Waals surface area contributed by atoms with E-state index in [2.05, 4.69) is 31.5 Å². The molecular formula is C27H23BrN4O3S2. The SMILES string of the molecule is O=C(NC(=S)Nc1ccc(N2CCN(C(=O)c3cccs3)CC2)cc1)c1ccc(-c2ccc(Br)cc2)o1. The number of thiophene rings is 1. The molecule has 1 saturated heterocycles. The summed E-state index contributed by atoms with van der Waals surface area (Å²) in [7, 11) is 0. The van der Waals surface area contributed by atoms with Crippen molar-refractivity contribution in [3.05, 3.63) is 93.3 Å². The maximum absolute atomic E-state index is 12.6. The zero-order valence-electron chi connectivity index (χ0n) is 19.6. The van der Waals surface area contributed by atoms with Gasteiger partial charge in [-0.1, -0.05) is 34.1 Å². The number of thiocarbonyl (C=S) groups is 1. The van der Waals surface area contributed by atoms with Gasteiger partial charge in [0.15, 0.2) is 10.9 Å². The Morgan fingerprint density at radius 1 is 0.919 bits per heavy atom. The van der Waals surface area contributed by atoms with Crippen LogP contribution in [0.2, 0.25) is 0 Å². The monoisotopic (exact) mass is 594 g/mol. The van der Waals surface area contributed by atoms with E-state index in [1.54, 1.807) is 12.1 Å². The first kappa shape index (κ1) is 25.2. The highest BCUT2D eigenvalue weighted by Crippen LogP contribution is 2.24. The van der Waals surface area contributed by atoms with E-state index in [4.69, 9.17) is 16.6 Å². The molecule has 7 nitrogen and oxygen atoms in total. The summed E-state index contributed by atoms with van der Waals surface area (Å²) in [5.41, 5.74) is 2.70. The van der Waals surface area contributed by atoms with Crippen molar-refractivity contribution in [3.8, 4) is 11.3 Å².